The molecule has 0 aromatic heterocycles. The summed E-state index contributed by atoms with van der Waals surface area (Å²) in [6.07, 6.45) is 0.203. The largest absolute Gasteiger partial charge is 0.493 e. The van der Waals surface area contributed by atoms with Crippen LogP contribution in [-0.2, 0) is 9.59 Å². The molecular formula is C28H30N2O5S. The topological polar surface area (TPSA) is 77.1 Å². The van der Waals surface area contributed by atoms with Crippen molar-refractivity contribution in [1.29, 1.82) is 0 Å². The first-order valence-electron chi connectivity index (χ1n) is 11.6. The van der Waals surface area contributed by atoms with Crippen LogP contribution in [0.3, 0.4) is 0 Å². The Morgan fingerprint density at radius 3 is 2.36 bits per heavy atom. The molecule has 0 spiro atoms. The minimum atomic E-state index is -0.247. The Labute approximate surface area is 215 Å². The van der Waals surface area contributed by atoms with E-state index >= 15 is 0 Å². The number of hydrogen-bond acceptors (Lipinski definition) is 6. The maximum absolute atomic E-state index is 13.5. The molecule has 3 aromatic carbocycles. The van der Waals surface area contributed by atoms with Gasteiger partial charge in [0.15, 0.2) is 11.5 Å². The van der Waals surface area contributed by atoms with E-state index in [1.807, 2.05) is 68.4 Å². The highest BCUT2D eigenvalue weighted by Crippen LogP contribution is 2.49. The van der Waals surface area contributed by atoms with Gasteiger partial charge in [0.1, 0.15) is 6.54 Å². The van der Waals surface area contributed by atoms with E-state index in [2.05, 4.69) is 5.32 Å². The summed E-state index contributed by atoms with van der Waals surface area (Å²) >= 11 is 1.58. The monoisotopic (exact) mass is 506 g/mol. The molecule has 0 saturated carbocycles. The van der Waals surface area contributed by atoms with Crippen molar-refractivity contribution >= 4 is 35.0 Å². The molecule has 1 unspecified atom stereocenters. The van der Waals surface area contributed by atoms with Crippen molar-refractivity contribution in [3.63, 3.8) is 0 Å². The number of ether oxygens (including phenoxy) is 3. The van der Waals surface area contributed by atoms with Gasteiger partial charge in [0.25, 0.3) is 0 Å². The smallest absolute Gasteiger partial charge is 0.244 e. The van der Waals surface area contributed by atoms with E-state index in [1.54, 1.807) is 38.0 Å². The second-order valence-electron chi connectivity index (χ2n) is 8.58. The summed E-state index contributed by atoms with van der Waals surface area (Å²) in [5.41, 5.74) is 4.37. The maximum atomic E-state index is 13.5. The third-order valence-corrected chi connectivity index (χ3v) is 7.44. The molecule has 3 aromatic rings. The van der Waals surface area contributed by atoms with Crippen LogP contribution >= 0.6 is 11.8 Å². The van der Waals surface area contributed by atoms with Crippen LogP contribution in [0, 0.1) is 13.8 Å². The number of fused-ring (bicyclic) bond motifs is 1. The fourth-order valence-electron chi connectivity index (χ4n) is 4.23. The molecule has 2 amide bonds. The van der Waals surface area contributed by atoms with Gasteiger partial charge in [0, 0.05) is 22.3 Å². The van der Waals surface area contributed by atoms with Crippen molar-refractivity contribution in [2.45, 2.75) is 30.4 Å². The summed E-state index contributed by atoms with van der Waals surface area (Å²) in [6, 6.07) is 17.3. The second-order valence-corrected chi connectivity index (χ2v) is 9.83. The average Bonchev–Trinajstić information content (AvgIpc) is 3.01. The molecule has 1 N–H and O–H groups in total. The number of benzene rings is 3. The Hall–Kier alpha value is -3.65. The van der Waals surface area contributed by atoms with E-state index in [1.165, 1.54) is 0 Å². The molecule has 1 heterocycles. The molecule has 1 atom stereocenters. The van der Waals surface area contributed by atoms with Crippen LogP contribution in [0.4, 0.5) is 11.4 Å². The zero-order valence-corrected chi connectivity index (χ0v) is 21.9. The highest BCUT2D eigenvalue weighted by Gasteiger charge is 2.31. The van der Waals surface area contributed by atoms with Crippen LogP contribution in [0.2, 0.25) is 0 Å². The van der Waals surface area contributed by atoms with Crippen molar-refractivity contribution in [3.05, 3.63) is 71.3 Å². The second kappa shape index (κ2) is 11.0. The molecule has 7 nitrogen and oxygen atoms in total. The molecule has 36 heavy (non-hydrogen) atoms. The fraction of sp³-hybridized carbons (Fsp3) is 0.286. The summed E-state index contributed by atoms with van der Waals surface area (Å²) in [5, 5.41) is 2.76. The van der Waals surface area contributed by atoms with E-state index < -0.39 is 0 Å². The number of carbonyl (C=O) groups is 2. The lowest BCUT2D eigenvalue weighted by molar-refractivity contribution is -0.121. The molecule has 1 aliphatic rings. The summed E-state index contributed by atoms with van der Waals surface area (Å²) in [5.74, 6) is 1.17. The van der Waals surface area contributed by atoms with Crippen LogP contribution in [0.15, 0.2) is 59.5 Å². The lowest BCUT2D eigenvalue weighted by Crippen LogP contribution is -2.38. The Kier molecular flexibility index (Phi) is 7.74. The van der Waals surface area contributed by atoms with Gasteiger partial charge in [-0.25, -0.2) is 0 Å². The first-order chi connectivity index (χ1) is 17.3. The number of para-hydroxylation sites is 1. The van der Waals surface area contributed by atoms with Gasteiger partial charge in [-0.05, 0) is 60.9 Å². The number of rotatable bonds is 7. The number of methoxy groups -OCH3 is 3. The minimum absolute atomic E-state index is 0.0776. The standard InChI is InChI=1S/C28H30N2O5S/c1-17-10-11-18(2)20(12-17)29-26(31)16-30-21-8-6-7-9-24(21)36-25(15-27(30)32)19-13-22(33-3)28(35-5)23(14-19)34-4/h6-14,25H,15-16H2,1-5H3,(H,29,31). The van der Waals surface area contributed by atoms with Gasteiger partial charge in [-0.2, -0.15) is 0 Å². The van der Waals surface area contributed by atoms with Crippen molar-refractivity contribution in [2.24, 2.45) is 0 Å². The van der Waals surface area contributed by atoms with Crippen LogP contribution in [0.5, 0.6) is 17.2 Å². The van der Waals surface area contributed by atoms with Gasteiger partial charge < -0.3 is 24.4 Å². The molecule has 188 valence electrons. The summed E-state index contributed by atoms with van der Waals surface area (Å²) in [7, 11) is 4.69. The van der Waals surface area contributed by atoms with E-state index in [4.69, 9.17) is 14.2 Å². The maximum Gasteiger partial charge on any atom is 0.244 e. The van der Waals surface area contributed by atoms with Gasteiger partial charge >= 0.3 is 0 Å². The van der Waals surface area contributed by atoms with Gasteiger partial charge in [-0.15, -0.1) is 11.8 Å². The Bertz CT molecular complexity index is 1270. The predicted octanol–water partition coefficient (Wildman–Crippen LogP) is 5.54. The van der Waals surface area contributed by atoms with Crippen LogP contribution < -0.4 is 24.4 Å². The van der Waals surface area contributed by atoms with Gasteiger partial charge in [0.2, 0.25) is 17.6 Å². The van der Waals surface area contributed by atoms with E-state index in [-0.39, 0.29) is 30.0 Å². The van der Waals surface area contributed by atoms with Gasteiger partial charge in [-0.3, -0.25) is 9.59 Å². The number of nitrogens with one attached hydrogen (secondary N) is 1. The molecule has 0 aliphatic carbocycles. The molecule has 4 rings (SSSR count). The van der Waals surface area contributed by atoms with E-state index in [0.717, 1.165) is 33.0 Å². The van der Waals surface area contributed by atoms with Gasteiger partial charge in [0.05, 0.1) is 27.0 Å². The quantitative estimate of drug-likeness (QED) is 0.454. The van der Waals surface area contributed by atoms with E-state index in [9.17, 15) is 9.59 Å². The van der Waals surface area contributed by atoms with E-state index in [0.29, 0.717) is 17.2 Å². The summed E-state index contributed by atoms with van der Waals surface area (Å²) in [4.78, 5) is 29.1. The minimum Gasteiger partial charge on any atom is -0.493 e. The third-order valence-electron chi connectivity index (χ3n) is 6.11. The predicted molar refractivity (Wildman–Crippen MR) is 143 cm³/mol. The lowest BCUT2D eigenvalue weighted by Gasteiger charge is -2.22. The fourth-order valence-corrected chi connectivity index (χ4v) is 5.49. The number of nitrogens with zero attached hydrogens (tertiary/aromatic N) is 1. The van der Waals surface area contributed by atoms with Gasteiger partial charge in [-0.1, -0.05) is 24.3 Å². The molecular weight excluding hydrogens is 476 g/mol. The molecule has 0 saturated heterocycles. The molecule has 8 heteroatoms. The van der Waals surface area contributed by atoms with Crippen molar-refractivity contribution in [3.8, 4) is 17.2 Å². The first kappa shape index (κ1) is 25.4. The van der Waals surface area contributed by atoms with Crippen LogP contribution in [0.25, 0.3) is 0 Å². The highest BCUT2D eigenvalue weighted by atomic mass is 32.2. The summed E-state index contributed by atoms with van der Waals surface area (Å²) < 4.78 is 16.5. The lowest BCUT2D eigenvalue weighted by atomic mass is 10.1. The zero-order valence-electron chi connectivity index (χ0n) is 21.1. The Balaban J connectivity index is 1.64. The number of thioether (sulfide) groups is 1. The molecule has 0 bridgehead atoms. The molecule has 1 aliphatic heterocycles. The van der Waals surface area contributed by atoms with Crippen LogP contribution in [0.1, 0.15) is 28.4 Å². The molecule has 0 radical (unpaired) electrons. The van der Waals surface area contributed by atoms with Crippen LogP contribution in [-0.4, -0.2) is 39.7 Å². The van der Waals surface area contributed by atoms with Crippen molar-refractivity contribution in [1.82, 2.24) is 0 Å². The Morgan fingerprint density at radius 2 is 1.69 bits per heavy atom. The number of carbonyl (C=O) groups excluding carboxylic acids is 2. The van der Waals surface area contributed by atoms with Crippen molar-refractivity contribution in [2.75, 3.05) is 38.1 Å². The van der Waals surface area contributed by atoms with Crippen molar-refractivity contribution < 1.29 is 23.8 Å². The Morgan fingerprint density at radius 1 is 1.00 bits per heavy atom. The number of anilines is 2. The average molecular weight is 507 g/mol. The third kappa shape index (κ3) is 5.28. The summed E-state index contributed by atoms with van der Waals surface area (Å²) in [6.45, 7) is 3.84. The number of aryl methyl sites for hydroxylation is 2. The first-order valence-corrected chi connectivity index (χ1v) is 12.5. The normalized spacial score (nSPS) is 15.1. The number of hydrogen-bond donors (Lipinski definition) is 1. The highest BCUT2D eigenvalue weighted by molar-refractivity contribution is 7.99. The number of amides is 2. The molecule has 0 fully saturated rings. The SMILES string of the molecule is COc1cc(C2CC(=O)N(CC(=O)Nc3cc(C)ccc3C)c3ccccc3S2)cc(OC)c1OC. The zero-order chi connectivity index (χ0) is 25.8.